The van der Waals surface area contributed by atoms with Gasteiger partial charge >= 0.3 is 5.69 Å². The summed E-state index contributed by atoms with van der Waals surface area (Å²) in [5, 5.41) is 10.8. The summed E-state index contributed by atoms with van der Waals surface area (Å²) in [5.41, 5.74) is -0.474. The van der Waals surface area contributed by atoms with E-state index in [4.69, 9.17) is 11.6 Å². The molecule has 0 aliphatic rings. The zero-order valence-corrected chi connectivity index (χ0v) is 14.9. The molecule has 0 spiro atoms. The van der Waals surface area contributed by atoms with Gasteiger partial charge in [0.05, 0.1) is 11.4 Å². The molecule has 3 aromatic rings. The normalized spacial score (nSPS) is 11.0. The highest BCUT2D eigenvalue weighted by Gasteiger charge is 2.14. The highest BCUT2D eigenvalue weighted by molar-refractivity contribution is 6.30. The van der Waals surface area contributed by atoms with Crippen LogP contribution in [0.5, 0.6) is 5.88 Å². The predicted molar refractivity (Wildman–Crippen MR) is 103 cm³/mol. The quantitative estimate of drug-likeness (QED) is 0.533. The average molecular weight is 384 g/mol. The number of carbonyl (C=O) groups excluding carboxylic acids is 1. The van der Waals surface area contributed by atoms with Gasteiger partial charge in [-0.1, -0.05) is 17.7 Å². The lowest BCUT2D eigenvalue weighted by molar-refractivity contribution is 0.101. The van der Waals surface area contributed by atoms with E-state index >= 15 is 0 Å². The minimum absolute atomic E-state index is 0.0757. The zero-order valence-electron chi connectivity index (χ0n) is 14.1. The largest absolute Gasteiger partial charge is 0.493 e. The fraction of sp³-hybridized carbons (Fsp3) is 0.0526. The van der Waals surface area contributed by atoms with Gasteiger partial charge in [-0.3, -0.25) is 19.6 Å². The molecule has 0 saturated heterocycles. The lowest BCUT2D eigenvalue weighted by Crippen LogP contribution is -2.31. The molecule has 0 aliphatic carbocycles. The summed E-state index contributed by atoms with van der Waals surface area (Å²) >= 11 is 5.93. The number of carbonyl (C=O) groups is 1. The number of aromatic amines is 1. The molecule has 3 rings (SSSR count). The number of aliphatic imine (C=N–C) groups is 1. The molecule has 0 bridgehead atoms. The standard InChI is InChI=1S/C19H14ClN3O4/c1-11(24)12-5-7-14(8-6-12)21-10-16-17(25)22-19(27)23(18(16)26)15-4-2-3-13(20)9-15/h2-10,26H,1H3,(H,22,25,27). The number of H-pyrrole nitrogens is 1. The Hall–Kier alpha value is -3.45. The number of rotatable bonds is 4. The van der Waals surface area contributed by atoms with Crippen LogP contribution in [0.3, 0.4) is 0 Å². The van der Waals surface area contributed by atoms with E-state index in [1.807, 2.05) is 0 Å². The van der Waals surface area contributed by atoms with Crippen LogP contribution in [0.2, 0.25) is 5.02 Å². The second-order valence-electron chi connectivity index (χ2n) is 5.67. The van der Waals surface area contributed by atoms with Crippen molar-refractivity contribution in [2.24, 2.45) is 4.99 Å². The first-order chi connectivity index (χ1) is 12.9. The Balaban J connectivity index is 2.06. The molecule has 7 nitrogen and oxygen atoms in total. The molecule has 136 valence electrons. The van der Waals surface area contributed by atoms with Crippen LogP contribution in [0.25, 0.3) is 5.69 Å². The van der Waals surface area contributed by atoms with Gasteiger partial charge in [0.15, 0.2) is 5.78 Å². The van der Waals surface area contributed by atoms with Crippen LogP contribution < -0.4 is 11.2 Å². The van der Waals surface area contributed by atoms with E-state index in [1.54, 1.807) is 42.5 Å². The molecule has 2 aromatic carbocycles. The van der Waals surface area contributed by atoms with E-state index in [0.717, 1.165) is 10.8 Å². The van der Waals surface area contributed by atoms with E-state index in [-0.39, 0.29) is 11.3 Å². The maximum Gasteiger partial charge on any atom is 0.335 e. The van der Waals surface area contributed by atoms with Gasteiger partial charge in [0.1, 0.15) is 5.56 Å². The molecule has 1 aromatic heterocycles. The molecular formula is C19H14ClN3O4. The summed E-state index contributed by atoms with van der Waals surface area (Å²) in [4.78, 5) is 41.8. The molecule has 2 N–H and O–H groups in total. The maximum absolute atomic E-state index is 12.1. The maximum atomic E-state index is 12.1. The smallest absolute Gasteiger partial charge is 0.335 e. The van der Waals surface area contributed by atoms with Crippen molar-refractivity contribution in [3.63, 3.8) is 0 Å². The SMILES string of the molecule is CC(=O)c1ccc(N=Cc2c(O)n(-c3cccc(Cl)c3)c(=O)[nH]c2=O)cc1. The molecule has 8 heteroatoms. The van der Waals surface area contributed by atoms with Crippen molar-refractivity contribution in [2.45, 2.75) is 6.92 Å². The number of Topliss-reactive ketones (excluding diaryl/α,β-unsaturated/α-hetero) is 1. The summed E-state index contributed by atoms with van der Waals surface area (Å²) in [5.74, 6) is -0.636. The van der Waals surface area contributed by atoms with Crippen molar-refractivity contribution in [1.82, 2.24) is 9.55 Å². The number of hydrogen-bond donors (Lipinski definition) is 2. The third-order valence-corrected chi connectivity index (χ3v) is 4.04. The molecule has 0 fully saturated rings. The summed E-state index contributed by atoms with van der Waals surface area (Å²) < 4.78 is 0.924. The predicted octanol–water partition coefficient (Wildman–Crippen LogP) is 2.84. The van der Waals surface area contributed by atoms with Crippen molar-refractivity contribution in [3.05, 3.63) is 85.5 Å². The molecular weight excluding hydrogens is 370 g/mol. The van der Waals surface area contributed by atoms with Crippen LogP contribution in [-0.2, 0) is 0 Å². The zero-order chi connectivity index (χ0) is 19.6. The molecule has 0 atom stereocenters. The van der Waals surface area contributed by atoms with Crippen LogP contribution >= 0.6 is 11.6 Å². The Labute approximate surface area is 158 Å². The van der Waals surface area contributed by atoms with E-state index < -0.39 is 17.1 Å². The summed E-state index contributed by atoms with van der Waals surface area (Å²) in [6, 6.07) is 12.7. The topological polar surface area (TPSA) is 105 Å². The van der Waals surface area contributed by atoms with Gasteiger partial charge in [0.25, 0.3) is 5.56 Å². The van der Waals surface area contributed by atoms with E-state index in [2.05, 4.69) is 9.98 Å². The highest BCUT2D eigenvalue weighted by Crippen LogP contribution is 2.19. The highest BCUT2D eigenvalue weighted by atomic mass is 35.5. The first-order valence-corrected chi connectivity index (χ1v) is 8.24. The number of nitrogens with one attached hydrogen (secondary N) is 1. The fourth-order valence-electron chi connectivity index (χ4n) is 2.43. The number of nitrogens with zero attached hydrogens (tertiary/aromatic N) is 2. The number of ketones is 1. The van der Waals surface area contributed by atoms with Gasteiger partial charge in [0, 0.05) is 16.8 Å². The van der Waals surface area contributed by atoms with Crippen molar-refractivity contribution in [1.29, 1.82) is 0 Å². The van der Waals surface area contributed by atoms with Crippen LogP contribution in [-0.4, -0.2) is 26.7 Å². The van der Waals surface area contributed by atoms with Gasteiger partial charge in [-0.2, -0.15) is 0 Å². The van der Waals surface area contributed by atoms with Crippen molar-refractivity contribution < 1.29 is 9.90 Å². The van der Waals surface area contributed by atoms with Crippen LogP contribution in [0.15, 0.2) is 63.1 Å². The van der Waals surface area contributed by atoms with Crippen LogP contribution in [0.1, 0.15) is 22.8 Å². The first kappa shape index (κ1) is 18.3. The van der Waals surface area contributed by atoms with E-state index in [9.17, 15) is 19.5 Å². The second-order valence-corrected chi connectivity index (χ2v) is 6.11. The number of benzene rings is 2. The Morgan fingerprint density at radius 3 is 2.52 bits per heavy atom. The molecule has 0 unspecified atom stereocenters. The number of aromatic hydroxyl groups is 1. The molecule has 27 heavy (non-hydrogen) atoms. The van der Waals surface area contributed by atoms with E-state index in [0.29, 0.717) is 22.0 Å². The molecule has 0 saturated carbocycles. The summed E-state index contributed by atoms with van der Waals surface area (Å²) in [6.07, 6.45) is 1.15. The van der Waals surface area contributed by atoms with Crippen molar-refractivity contribution >= 4 is 29.3 Å². The van der Waals surface area contributed by atoms with Crippen molar-refractivity contribution in [3.8, 4) is 11.6 Å². The van der Waals surface area contributed by atoms with Gasteiger partial charge in [-0.15, -0.1) is 0 Å². The first-order valence-electron chi connectivity index (χ1n) is 7.86. The minimum Gasteiger partial charge on any atom is -0.493 e. The van der Waals surface area contributed by atoms with Gasteiger partial charge in [-0.05, 0) is 49.4 Å². The Bertz CT molecular complexity index is 1160. The number of hydrogen-bond acceptors (Lipinski definition) is 5. The Morgan fingerprint density at radius 2 is 1.89 bits per heavy atom. The molecule has 0 aliphatic heterocycles. The summed E-state index contributed by atoms with van der Waals surface area (Å²) in [7, 11) is 0. The third kappa shape index (κ3) is 3.88. The fourth-order valence-corrected chi connectivity index (χ4v) is 2.62. The molecule has 1 heterocycles. The van der Waals surface area contributed by atoms with Crippen LogP contribution in [0.4, 0.5) is 5.69 Å². The minimum atomic E-state index is -0.803. The average Bonchev–Trinajstić information content (AvgIpc) is 2.61. The third-order valence-electron chi connectivity index (χ3n) is 3.80. The van der Waals surface area contributed by atoms with Gasteiger partial charge in [0.2, 0.25) is 5.88 Å². The number of aromatic nitrogens is 2. The lowest BCUT2D eigenvalue weighted by Gasteiger charge is -2.09. The Morgan fingerprint density at radius 1 is 1.19 bits per heavy atom. The monoisotopic (exact) mass is 383 g/mol. The van der Waals surface area contributed by atoms with Crippen molar-refractivity contribution in [2.75, 3.05) is 0 Å². The second kappa shape index (κ2) is 7.43. The molecule has 0 radical (unpaired) electrons. The van der Waals surface area contributed by atoms with E-state index in [1.165, 1.54) is 13.0 Å². The lowest BCUT2D eigenvalue weighted by atomic mass is 10.1. The van der Waals surface area contributed by atoms with Gasteiger partial charge in [-0.25, -0.2) is 9.36 Å². The Kier molecular flexibility index (Phi) is 5.05. The molecule has 0 amide bonds. The number of halogens is 1. The summed E-state index contributed by atoms with van der Waals surface area (Å²) in [6.45, 7) is 1.45. The van der Waals surface area contributed by atoms with Gasteiger partial charge < -0.3 is 5.11 Å². The van der Waals surface area contributed by atoms with Crippen LogP contribution in [0, 0.1) is 0 Å².